The highest BCUT2D eigenvalue weighted by Gasteiger charge is 2.27. The van der Waals surface area contributed by atoms with E-state index in [0.717, 1.165) is 0 Å². The predicted molar refractivity (Wildman–Crippen MR) is 72.9 cm³/mol. The van der Waals surface area contributed by atoms with Crippen LogP contribution in [0.3, 0.4) is 0 Å². The predicted octanol–water partition coefficient (Wildman–Crippen LogP) is 1.61. The molecule has 0 spiro atoms. The van der Waals surface area contributed by atoms with Gasteiger partial charge in [-0.2, -0.15) is 0 Å². The zero-order valence-electron chi connectivity index (χ0n) is 11.3. The zero-order valence-corrected chi connectivity index (χ0v) is 12.0. The number of aromatic hydroxyl groups is 1. The van der Waals surface area contributed by atoms with Gasteiger partial charge in [0.1, 0.15) is 11.8 Å². The Morgan fingerprint density at radius 2 is 2.05 bits per heavy atom. The van der Waals surface area contributed by atoms with Crippen molar-refractivity contribution in [1.29, 1.82) is 0 Å². The van der Waals surface area contributed by atoms with E-state index < -0.39 is 16.9 Å². The molecule has 1 atom stereocenters. The normalized spacial score (nSPS) is 12.1. The highest BCUT2D eigenvalue weighted by molar-refractivity contribution is 6.33. The molecular formula is C12H15ClN2O5. The lowest BCUT2D eigenvalue weighted by Crippen LogP contribution is -2.34. The van der Waals surface area contributed by atoms with E-state index in [1.54, 1.807) is 0 Å². The molecule has 0 amide bonds. The van der Waals surface area contributed by atoms with E-state index in [1.807, 2.05) is 0 Å². The van der Waals surface area contributed by atoms with Crippen LogP contribution >= 0.6 is 11.6 Å². The van der Waals surface area contributed by atoms with Crippen molar-refractivity contribution in [3.8, 4) is 5.75 Å². The van der Waals surface area contributed by atoms with Crippen molar-refractivity contribution in [3.05, 3.63) is 31.8 Å². The largest absolute Gasteiger partial charge is 0.506 e. The van der Waals surface area contributed by atoms with Crippen LogP contribution in [0.15, 0.2) is 0 Å². The SMILES string of the molecule is COC(=O)C(N)Cc1c(C)c([N+](=O)[O-])c(C)c(Cl)c1O. The summed E-state index contributed by atoms with van der Waals surface area (Å²) in [5, 5.41) is 21.0. The van der Waals surface area contributed by atoms with Crippen LogP contribution in [-0.2, 0) is 16.0 Å². The number of esters is 1. The number of phenolic OH excluding ortho intramolecular Hbond substituents is 1. The summed E-state index contributed by atoms with van der Waals surface area (Å²) in [7, 11) is 1.18. The highest BCUT2D eigenvalue weighted by atomic mass is 35.5. The average Bonchev–Trinajstić information content (AvgIpc) is 2.39. The van der Waals surface area contributed by atoms with E-state index in [9.17, 15) is 20.0 Å². The summed E-state index contributed by atoms with van der Waals surface area (Å²) in [4.78, 5) is 21.8. The monoisotopic (exact) mass is 302 g/mol. The van der Waals surface area contributed by atoms with Gasteiger partial charge in [-0.05, 0) is 13.8 Å². The molecule has 7 nitrogen and oxygen atoms in total. The molecule has 0 aliphatic heterocycles. The summed E-state index contributed by atoms with van der Waals surface area (Å²) in [6.07, 6.45) is -0.106. The first-order chi connectivity index (χ1) is 9.22. The molecule has 0 saturated carbocycles. The summed E-state index contributed by atoms with van der Waals surface area (Å²) in [5.74, 6) is -0.977. The first kappa shape index (κ1) is 16.2. The maximum absolute atomic E-state index is 11.3. The topological polar surface area (TPSA) is 116 Å². The Balaban J connectivity index is 3.40. The Morgan fingerprint density at radius 3 is 2.50 bits per heavy atom. The maximum atomic E-state index is 11.3. The van der Waals surface area contributed by atoms with Gasteiger partial charge in [-0.1, -0.05) is 11.6 Å². The number of ether oxygens (including phenoxy) is 1. The van der Waals surface area contributed by atoms with Gasteiger partial charge >= 0.3 is 5.97 Å². The van der Waals surface area contributed by atoms with Gasteiger partial charge in [-0.3, -0.25) is 14.9 Å². The lowest BCUT2D eigenvalue weighted by Gasteiger charge is -2.15. The standard InChI is InChI=1S/C12H15ClN2O5/c1-5-7(4-8(14)12(17)20-3)11(16)9(13)6(2)10(5)15(18)19/h8,16H,4,14H2,1-3H3. The van der Waals surface area contributed by atoms with Gasteiger partial charge in [-0.15, -0.1) is 0 Å². The fourth-order valence-electron chi connectivity index (χ4n) is 1.99. The Hall–Kier alpha value is -1.86. The number of nitrogens with zero attached hydrogens (tertiary/aromatic N) is 1. The van der Waals surface area contributed by atoms with Crippen LogP contribution in [0.2, 0.25) is 5.02 Å². The number of hydrogen-bond acceptors (Lipinski definition) is 6. The molecule has 3 N–H and O–H groups in total. The lowest BCUT2D eigenvalue weighted by molar-refractivity contribution is -0.386. The van der Waals surface area contributed by atoms with Gasteiger partial charge in [-0.25, -0.2) is 0 Å². The molecule has 1 aromatic rings. The Morgan fingerprint density at radius 1 is 1.50 bits per heavy atom. The molecule has 1 aromatic carbocycles. The molecule has 0 bridgehead atoms. The van der Waals surface area contributed by atoms with Crippen LogP contribution < -0.4 is 5.73 Å². The van der Waals surface area contributed by atoms with Crippen molar-refractivity contribution < 1.29 is 19.6 Å². The van der Waals surface area contributed by atoms with Crippen molar-refractivity contribution in [2.45, 2.75) is 26.3 Å². The molecule has 0 saturated heterocycles. The Bertz CT molecular complexity index is 574. The van der Waals surface area contributed by atoms with Gasteiger partial charge in [0, 0.05) is 23.1 Å². The Kier molecular flexibility index (Phi) is 4.91. The van der Waals surface area contributed by atoms with Gasteiger partial charge < -0.3 is 15.6 Å². The summed E-state index contributed by atoms with van der Waals surface area (Å²) in [5.41, 5.74) is 5.99. The van der Waals surface area contributed by atoms with Crippen molar-refractivity contribution in [2.24, 2.45) is 5.73 Å². The van der Waals surface area contributed by atoms with Crippen molar-refractivity contribution >= 4 is 23.3 Å². The number of nitro groups is 1. The molecule has 0 heterocycles. The van der Waals surface area contributed by atoms with Gasteiger partial charge in [0.05, 0.1) is 17.1 Å². The van der Waals surface area contributed by atoms with Crippen molar-refractivity contribution in [3.63, 3.8) is 0 Å². The number of halogens is 1. The quantitative estimate of drug-likeness (QED) is 0.496. The number of carbonyl (C=O) groups excluding carboxylic acids is 1. The fourth-order valence-corrected chi connectivity index (χ4v) is 2.20. The number of nitro benzene ring substituents is 1. The van der Waals surface area contributed by atoms with Crippen LogP contribution in [0, 0.1) is 24.0 Å². The van der Waals surface area contributed by atoms with Crippen LogP contribution in [0.1, 0.15) is 16.7 Å². The molecule has 0 aliphatic carbocycles. The molecule has 1 rings (SSSR count). The smallest absolute Gasteiger partial charge is 0.322 e. The number of rotatable bonds is 4. The second-order valence-electron chi connectivity index (χ2n) is 4.33. The minimum absolute atomic E-state index is 0.106. The maximum Gasteiger partial charge on any atom is 0.322 e. The summed E-state index contributed by atoms with van der Waals surface area (Å²) >= 11 is 5.89. The van der Waals surface area contributed by atoms with E-state index in [0.29, 0.717) is 0 Å². The molecule has 8 heteroatoms. The first-order valence-corrected chi connectivity index (χ1v) is 6.08. The lowest BCUT2D eigenvalue weighted by atomic mass is 9.96. The van der Waals surface area contributed by atoms with E-state index in [2.05, 4.69) is 4.74 Å². The van der Waals surface area contributed by atoms with Crippen molar-refractivity contribution in [1.82, 2.24) is 0 Å². The van der Waals surface area contributed by atoms with Gasteiger partial charge in [0.25, 0.3) is 5.69 Å². The first-order valence-electron chi connectivity index (χ1n) is 5.70. The van der Waals surface area contributed by atoms with Crippen LogP contribution in [0.4, 0.5) is 5.69 Å². The molecular weight excluding hydrogens is 288 g/mol. The minimum Gasteiger partial charge on any atom is -0.506 e. The van der Waals surface area contributed by atoms with E-state index in [4.69, 9.17) is 17.3 Å². The number of carbonyl (C=O) groups is 1. The molecule has 0 aromatic heterocycles. The zero-order chi connectivity index (χ0) is 15.6. The Labute approximate surface area is 120 Å². The molecule has 0 fully saturated rings. The summed E-state index contributed by atoms with van der Waals surface area (Å²) in [6, 6.07) is -1.04. The summed E-state index contributed by atoms with van der Waals surface area (Å²) < 4.78 is 4.48. The van der Waals surface area contributed by atoms with Gasteiger partial charge in [0.2, 0.25) is 0 Å². The molecule has 0 aliphatic rings. The third-order valence-corrected chi connectivity index (χ3v) is 3.56. The minimum atomic E-state index is -1.04. The second-order valence-corrected chi connectivity index (χ2v) is 4.71. The van der Waals surface area contributed by atoms with E-state index in [1.165, 1.54) is 21.0 Å². The number of hydrogen-bond donors (Lipinski definition) is 2. The summed E-state index contributed by atoms with van der Waals surface area (Å²) in [6.45, 7) is 2.91. The van der Waals surface area contributed by atoms with Gasteiger partial charge in [0.15, 0.2) is 0 Å². The molecule has 20 heavy (non-hydrogen) atoms. The number of benzene rings is 1. The third-order valence-electron chi connectivity index (χ3n) is 3.10. The number of methoxy groups -OCH3 is 1. The van der Waals surface area contributed by atoms with E-state index >= 15 is 0 Å². The number of phenols is 1. The third kappa shape index (κ3) is 2.83. The van der Waals surface area contributed by atoms with Crippen LogP contribution in [0.5, 0.6) is 5.75 Å². The average molecular weight is 303 g/mol. The number of nitrogens with two attached hydrogens (primary N) is 1. The molecule has 0 radical (unpaired) electrons. The molecule has 110 valence electrons. The second kappa shape index (κ2) is 6.06. The van der Waals surface area contributed by atoms with E-state index in [-0.39, 0.29) is 39.6 Å². The van der Waals surface area contributed by atoms with Crippen LogP contribution in [-0.4, -0.2) is 29.2 Å². The van der Waals surface area contributed by atoms with Crippen LogP contribution in [0.25, 0.3) is 0 Å². The fraction of sp³-hybridized carbons (Fsp3) is 0.417. The van der Waals surface area contributed by atoms with Crippen molar-refractivity contribution in [2.75, 3.05) is 7.11 Å². The highest BCUT2D eigenvalue weighted by Crippen LogP contribution is 2.40. The molecule has 1 unspecified atom stereocenters.